The minimum Gasteiger partial charge on any atom is -0.507 e. The molecule has 1 saturated heterocycles. The summed E-state index contributed by atoms with van der Waals surface area (Å²) in [7, 11) is 3.08. The summed E-state index contributed by atoms with van der Waals surface area (Å²) in [5, 5.41) is 22.3. The highest BCUT2D eigenvalue weighted by Crippen LogP contribution is 2.51. The molecule has 5 rings (SSSR count). The molecule has 4 N–H and O–H groups in total. The van der Waals surface area contributed by atoms with E-state index in [-0.39, 0.29) is 36.5 Å². The summed E-state index contributed by atoms with van der Waals surface area (Å²) in [6, 6.07) is 1.84. The molecule has 6 atom stereocenters. The summed E-state index contributed by atoms with van der Waals surface area (Å²) in [4.78, 5) is 82.1. The topological polar surface area (TPSA) is 185 Å². The van der Waals surface area contributed by atoms with Crippen LogP contribution in [0.5, 0.6) is 5.75 Å². The van der Waals surface area contributed by atoms with Gasteiger partial charge in [0.15, 0.2) is 34.7 Å². The zero-order valence-corrected chi connectivity index (χ0v) is 22.4. The van der Waals surface area contributed by atoms with Gasteiger partial charge in [0.05, 0.1) is 30.7 Å². The van der Waals surface area contributed by atoms with Gasteiger partial charge in [0.2, 0.25) is 11.8 Å². The lowest BCUT2D eigenvalue weighted by molar-refractivity contribution is -0.181. The molecule has 2 saturated carbocycles. The zero-order chi connectivity index (χ0) is 29.1. The third-order valence-electron chi connectivity index (χ3n) is 9.01. The molecule has 40 heavy (non-hydrogen) atoms. The highest BCUT2D eigenvalue weighted by molar-refractivity contribution is 6.32. The average Bonchev–Trinajstić information content (AvgIpc) is 2.90. The molecule has 12 heteroatoms. The molecule has 0 radical (unpaired) electrons. The fourth-order valence-corrected chi connectivity index (χ4v) is 7.12. The summed E-state index contributed by atoms with van der Waals surface area (Å²) in [6.07, 6.45) is 0.635. The number of likely N-dealkylation sites (N-methyl/N-ethyl adjacent to an activating group) is 1. The van der Waals surface area contributed by atoms with Crippen molar-refractivity contribution in [3.63, 3.8) is 0 Å². The van der Waals surface area contributed by atoms with Crippen LogP contribution in [-0.4, -0.2) is 107 Å². The number of aliphatic hydroxyl groups is 1. The number of aryl methyl sites for hydroxylation is 1. The minimum absolute atomic E-state index is 0.0221. The van der Waals surface area contributed by atoms with Crippen molar-refractivity contribution < 1.29 is 43.7 Å². The number of hydrogen-bond acceptors (Lipinski definition) is 10. The molecular formula is C28H33N3O9. The monoisotopic (exact) mass is 555 g/mol. The van der Waals surface area contributed by atoms with Crippen LogP contribution in [0, 0.1) is 23.7 Å². The number of ketones is 4. The lowest BCUT2D eigenvalue weighted by atomic mass is 9.52. The molecule has 3 aliphatic carbocycles. The van der Waals surface area contributed by atoms with Crippen molar-refractivity contribution in [2.45, 2.75) is 37.3 Å². The molecule has 0 bridgehead atoms. The van der Waals surface area contributed by atoms with Gasteiger partial charge in [-0.15, -0.1) is 0 Å². The Morgan fingerprint density at radius 3 is 2.42 bits per heavy atom. The fourth-order valence-electron chi connectivity index (χ4n) is 7.12. The number of Topliss-reactive ketones (excluding diaryl/α,β-unsaturated/α-hetero) is 4. The number of benzene rings is 1. The smallest absolute Gasteiger partial charge is 0.235 e. The minimum atomic E-state index is -2.76. The van der Waals surface area contributed by atoms with E-state index in [1.165, 1.54) is 25.1 Å². The van der Waals surface area contributed by atoms with Gasteiger partial charge in [-0.05, 0) is 56.5 Å². The van der Waals surface area contributed by atoms with Gasteiger partial charge >= 0.3 is 0 Å². The van der Waals surface area contributed by atoms with E-state index in [4.69, 9.17) is 10.5 Å². The van der Waals surface area contributed by atoms with Gasteiger partial charge in [-0.25, -0.2) is 0 Å². The summed E-state index contributed by atoms with van der Waals surface area (Å²) in [6.45, 7) is 1.95. The number of phenolic OH excluding ortho intramolecular Hbond substituents is 1. The van der Waals surface area contributed by atoms with Crippen molar-refractivity contribution in [1.82, 2.24) is 9.80 Å². The Balaban J connectivity index is 1.50. The van der Waals surface area contributed by atoms with Crippen LogP contribution >= 0.6 is 0 Å². The number of nitrogens with zero attached hydrogens (tertiary/aromatic N) is 2. The van der Waals surface area contributed by atoms with Crippen LogP contribution in [0.1, 0.15) is 34.3 Å². The molecule has 2 unspecified atom stereocenters. The van der Waals surface area contributed by atoms with Gasteiger partial charge in [0.25, 0.3) is 0 Å². The van der Waals surface area contributed by atoms with Gasteiger partial charge in [0.1, 0.15) is 5.75 Å². The lowest BCUT2D eigenvalue weighted by Crippen LogP contribution is -2.74. The molecule has 1 aromatic rings. The van der Waals surface area contributed by atoms with Crippen LogP contribution in [0.25, 0.3) is 0 Å². The number of rotatable bonds is 5. The normalized spacial score (nSPS) is 32.0. The molecule has 3 fully saturated rings. The van der Waals surface area contributed by atoms with Crippen molar-refractivity contribution in [3.8, 4) is 5.75 Å². The number of carbonyl (C=O) groups is 6. The molecule has 4 aliphatic rings. The van der Waals surface area contributed by atoms with E-state index in [1.807, 2.05) is 0 Å². The fraction of sp³-hybridized carbons (Fsp3) is 0.571. The van der Waals surface area contributed by atoms with Gasteiger partial charge in [0, 0.05) is 25.4 Å². The van der Waals surface area contributed by atoms with Gasteiger partial charge < -0.3 is 25.6 Å². The Hall–Kier alpha value is -3.48. The predicted octanol–water partition coefficient (Wildman–Crippen LogP) is -1.34. The number of carbonyl (C=O) groups excluding carboxylic acids is 6. The molecule has 1 aromatic carbocycles. The van der Waals surface area contributed by atoms with Crippen LogP contribution in [-0.2, 0) is 41.6 Å². The lowest BCUT2D eigenvalue weighted by Gasteiger charge is -2.52. The summed E-state index contributed by atoms with van der Waals surface area (Å²) < 4.78 is 5.30. The molecule has 0 spiro atoms. The van der Waals surface area contributed by atoms with Crippen molar-refractivity contribution in [3.05, 3.63) is 28.8 Å². The van der Waals surface area contributed by atoms with E-state index < -0.39 is 64.4 Å². The summed E-state index contributed by atoms with van der Waals surface area (Å²) in [5.41, 5.74) is 3.72. The van der Waals surface area contributed by atoms with Crippen molar-refractivity contribution in [2.75, 3.05) is 40.4 Å². The number of fused-ring (bicyclic) bond motifs is 3. The van der Waals surface area contributed by atoms with Crippen LogP contribution in [0.15, 0.2) is 12.1 Å². The second-order valence-electron chi connectivity index (χ2n) is 11.4. The Labute approximate surface area is 230 Å². The largest absolute Gasteiger partial charge is 0.507 e. The van der Waals surface area contributed by atoms with E-state index in [9.17, 15) is 39.0 Å². The van der Waals surface area contributed by atoms with Crippen LogP contribution in [0.2, 0.25) is 0 Å². The number of morpholine rings is 1. The maximum atomic E-state index is 13.9. The Morgan fingerprint density at radius 2 is 1.80 bits per heavy atom. The van der Waals surface area contributed by atoms with E-state index in [0.29, 0.717) is 43.9 Å². The van der Waals surface area contributed by atoms with E-state index >= 15 is 0 Å². The van der Waals surface area contributed by atoms with Crippen molar-refractivity contribution in [1.29, 1.82) is 0 Å². The first-order chi connectivity index (χ1) is 18.9. The molecule has 214 valence electrons. The van der Waals surface area contributed by atoms with Gasteiger partial charge in [-0.3, -0.25) is 33.7 Å². The van der Waals surface area contributed by atoms with Gasteiger partial charge in [-0.1, -0.05) is 6.07 Å². The molecule has 2 amide bonds. The molecule has 12 nitrogen and oxygen atoms in total. The third-order valence-corrected chi connectivity index (χ3v) is 9.01. The second kappa shape index (κ2) is 10.2. The number of ether oxygens (including phenoxy) is 1. The second-order valence-corrected chi connectivity index (χ2v) is 11.4. The number of primary amides is 1. The zero-order valence-electron chi connectivity index (χ0n) is 22.4. The molecular weight excluding hydrogens is 522 g/mol. The molecule has 1 aliphatic heterocycles. The Kier molecular flexibility index (Phi) is 7.13. The van der Waals surface area contributed by atoms with Crippen LogP contribution < -0.4 is 5.73 Å². The molecule has 0 aromatic heterocycles. The van der Waals surface area contributed by atoms with Gasteiger partial charge in [-0.2, -0.15) is 0 Å². The Bertz CT molecular complexity index is 1320. The standard InChI is InChI=1S/C28H33N3O9/c1-30(2)22-16-12-14-11-15-13(4-6-18(33)31-7-9-40-10-8-31)3-5-17(32)20(15)23(34)19(14)25(36)28(16,39)26(37)21(24(22)35)27(29)38/h3,5,14,16,19,21-22,32,39H,4,6-12H2,1-2H3,(H2,29,38)/t14-,16-,19?,21?,22-,28-/m0/s1. The maximum Gasteiger partial charge on any atom is 0.235 e. The van der Waals surface area contributed by atoms with E-state index in [2.05, 4.69) is 0 Å². The number of aromatic hydroxyl groups is 1. The Morgan fingerprint density at radius 1 is 1.12 bits per heavy atom. The van der Waals surface area contributed by atoms with Crippen LogP contribution in [0.3, 0.4) is 0 Å². The average molecular weight is 556 g/mol. The first-order valence-electron chi connectivity index (χ1n) is 13.4. The first kappa shape index (κ1) is 28.1. The third kappa shape index (κ3) is 4.16. The van der Waals surface area contributed by atoms with Crippen LogP contribution in [0.4, 0.5) is 0 Å². The SMILES string of the molecule is CN(C)[C@@H]1C(=O)C(C(N)=O)C(=O)[C@@]2(O)C(=O)C3C(=O)c4c(O)ccc(CCC(=O)N5CCOCC5)c4C[C@H]3C[C@@H]12. The van der Waals surface area contributed by atoms with Crippen molar-refractivity contribution in [2.24, 2.45) is 29.4 Å². The summed E-state index contributed by atoms with van der Waals surface area (Å²) >= 11 is 0. The predicted molar refractivity (Wildman–Crippen MR) is 137 cm³/mol. The maximum absolute atomic E-state index is 13.9. The summed E-state index contributed by atoms with van der Waals surface area (Å²) in [5.74, 6) is -10.9. The number of nitrogens with two attached hydrogens (primary N) is 1. The quantitative estimate of drug-likeness (QED) is 0.367. The number of hydrogen-bond donors (Lipinski definition) is 3. The number of amides is 2. The highest BCUT2D eigenvalue weighted by Gasteiger charge is 2.69. The highest BCUT2D eigenvalue weighted by atomic mass is 16.5. The number of phenols is 1. The molecule has 1 heterocycles. The van der Waals surface area contributed by atoms with Crippen molar-refractivity contribution >= 4 is 34.9 Å². The van der Waals surface area contributed by atoms with E-state index in [0.717, 1.165) is 0 Å². The van der Waals surface area contributed by atoms with E-state index in [1.54, 1.807) is 11.0 Å². The first-order valence-corrected chi connectivity index (χ1v) is 13.4.